The lowest BCUT2D eigenvalue weighted by Crippen LogP contribution is -2.33. The molecule has 2 nitrogen and oxygen atoms in total. The molecule has 0 spiro atoms. The molecule has 0 saturated heterocycles. The number of nitrogens with one attached hydrogen (secondary N) is 1. The lowest BCUT2D eigenvalue weighted by atomic mass is 9.95. The number of nitrogens with zero attached hydrogens (tertiary/aromatic N) is 1. The maximum absolute atomic E-state index is 9.23. The minimum Gasteiger partial charge on any atom is -0.295 e. The van der Waals surface area contributed by atoms with Crippen molar-refractivity contribution in [1.82, 2.24) is 5.32 Å². The van der Waals surface area contributed by atoms with Gasteiger partial charge in [0.1, 0.15) is 6.04 Å². The minimum absolute atomic E-state index is 0.155. The lowest BCUT2D eigenvalue weighted by Gasteiger charge is -2.25. The summed E-state index contributed by atoms with van der Waals surface area (Å²) in [6.45, 7) is 0. The quantitative estimate of drug-likeness (QED) is 0.915. The zero-order valence-electron chi connectivity index (χ0n) is 9.08. The van der Waals surface area contributed by atoms with E-state index < -0.39 is 0 Å². The second-order valence-electron chi connectivity index (χ2n) is 4.20. The Morgan fingerprint density at radius 3 is 2.75 bits per heavy atom. The minimum atomic E-state index is -0.155. The second-order valence-corrected chi connectivity index (χ2v) is 6.00. The Bertz CT molecular complexity index is 377. The molecule has 1 unspecified atom stereocenters. The summed E-state index contributed by atoms with van der Waals surface area (Å²) in [7, 11) is 0. The van der Waals surface area contributed by atoms with Gasteiger partial charge in [0.25, 0.3) is 0 Å². The summed E-state index contributed by atoms with van der Waals surface area (Å²) in [4.78, 5) is 1.10. The smallest absolute Gasteiger partial charge is 0.131 e. The third-order valence-electron chi connectivity index (χ3n) is 3.04. The topological polar surface area (TPSA) is 35.8 Å². The average molecular weight is 299 g/mol. The fourth-order valence-electron chi connectivity index (χ4n) is 2.19. The molecule has 0 amide bonds. The van der Waals surface area contributed by atoms with E-state index in [-0.39, 0.29) is 6.04 Å². The summed E-state index contributed by atoms with van der Waals surface area (Å²) in [6, 6.07) is 4.73. The van der Waals surface area contributed by atoms with Crippen LogP contribution >= 0.6 is 27.3 Å². The van der Waals surface area contributed by atoms with Gasteiger partial charge < -0.3 is 0 Å². The first kappa shape index (κ1) is 12.1. The van der Waals surface area contributed by atoms with Gasteiger partial charge in [0.15, 0.2) is 0 Å². The molecule has 0 aromatic carbocycles. The molecule has 86 valence electrons. The van der Waals surface area contributed by atoms with Crippen molar-refractivity contribution in [2.45, 2.75) is 44.2 Å². The van der Waals surface area contributed by atoms with Crippen molar-refractivity contribution < 1.29 is 0 Å². The molecule has 1 saturated carbocycles. The van der Waals surface area contributed by atoms with Crippen LogP contribution in [0.3, 0.4) is 0 Å². The van der Waals surface area contributed by atoms with E-state index in [0.29, 0.717) is 6.04 Å². The van der Waals surface area contributed by atoms with E-state index in [1.54, 1.807) is 11.3 Å². The van der Waals surface area contributed by atoms with Crippen LogP contribution in [0.2, 0.25) is 0 Å². The largest absolute Gasteiger partial charge is 0.295 e. The fourth-order valence-corrected chi connectivity index (χ4v) is 3.79. The summed E-state index contributed by atoms with van der Waals surface area (Å²) in [5.74, 6) is 0. The normalized spacial score (nSPS) is 19.2. The van der Waals surface area contributed by atoms with Crippen LogP contribution in [-0.2, 0) is 0 Å². The van der Waals surface area contributed by atoms with Gasteiger partial charge in [-0.05, 0) is 40.2 Å². The predicted molar refractivity (Wildman–Crippen MR) is 70.4 cm³/mol. The van der Waals surface area contributed by atoms with Crippen LogP contribution in [0.5, 0.6) is 0 Å². The molecular weight excluding hydrogens is 284 g/mol. The van der Waals surface area contributed by atoms with Crippen molar-refractivity contribution in [2.24, 2.45) is 0 Å². The van der Waals surface area contributed by atoms with Crippen molar-refractivity contribution in [1.29, 1.82) is 5.26 Å². The SMILES string of the molecule is N#CC(NC1CCCCC1)c1sccc1Br. The van der Waals surface area contributed by atoms with Gasteiger partial charge in [0.2, 0.25) is 0 Å². The van der Waals surface area contributed by atoms with E-state index in [4.69, 9.17) is 0 Å². The first-order valence-electron chi connectivity index (χ1n) is 5.70. The number of halogens is 1. The summed E-state index contributed by atoms with van der Waals surface area (Å²) >= 11 is 5.13. The number of hydrogen-bond acceptors (Lipinski definition) is 3. The zero-order valence-corrected chi connectivity index (χ0v) is 11.5. The number of rotatable bonds is 3. The van der Waals surface area contributed by atoms with E-state index in [9.17, 15) is 5.26 Å². The van der Waals surface area contributed by atoms with E-state index in [1.165, 1.54) is 32.1 Å². The highest BCUT2D eigenvalue weighted by Gasteiger charge is 2.21. The van der Waals surface area contributed by atoms with Crippen LogP contribution in [0.4, 0.5) is 0 Å². The van der Waals surface area contributed by atoms with Crippen LogP contribution in [-0.4, -0.2) is 6.04 Å². The summed E-state index contributed by atoms with van der Waals surface area (Å²) in [6.07, 6.45) is 6.35. The third kappa shape index (κ3) is 2.85. The van der Waals surface area contributed by atoms with Crippen LogP contribution in [0, 0.1) is 11.3 Å². The van der Waals surface area contributed by atoms with Gasteiger partial charge >= 0.3 is 0 Å². The fraction of sp³-hybridized carbons (Fsp3) is 0.583. The molecule has 1 aromatic rings. The molecule has 1 atom stereocenters. The number of hydrogen-bond donors (Lipinski definition) is 1. The molecule has 1 fully saturated rings. The Balaban J connectivity index is 2.01. The molecule has 1 N–H and O–H groups in total. The van der Waals surface area contributed by atoms with Crippen LogP contribution in [0.1, 0.15) is 43.0 Å². The molecular formula is C12H15BrN2S. The van der Waals surface area contributed by atoms with Gasteiger partial charge in [-0.25, -0.2) is 0 Å². The molecule has 0 bridgehead atoms. The van der Waals surface area contributed by atoms with Gasteiger partial charge in [-0.2, -0.15) is 5.26 Å². The molecule has 16 heavy (non-hydrogen) atoms. The Labute approximate surface area is 109 Å². The molecule has 0 aliphatic heterocycles. The van der Waals surface area contributed by atoms with Crippen molar-refractivity contribution in [3.63, 3.8) is 0 Å². The monoisotopic (exact) mass is 298 g/mol. The molecule has 1 aromatic heterocycles. The maximum atomic E-state index is 9.23. The Morgan fingerprint density at radius 1 is 1.44 bits per heavy atom. The third-order valence-corrected chi connectivity index (χ3v) is 4.98. The Morgan fingerprint density at radius 2 is 2.19 bits per heavy atom. The lowest BCUT2D eigenvalue weighted by molar-refractivity contribution is 0.361. The Hall–Kier alpha value is -0.370. The number of thiophene rings is 1. The maximum Gasteiger partial charge on any atom is 0.131 e. The summed E-state index contributed by atoms with van der Waals surface area (Å²) in [5, 5.41) is 14.7. The van der Waals surface area contributed by atoms with Crippen molar-refractivity contribution in [3.05, 3.63) is 20.8 Å². The van der Waals surface area contributed by atoms with E-state index in [2.05, 4.69) is 27.3 Å². The molecule has 0 radical (unpaired) electrons. The van der Waals surface area contributed by atoms with E-state index >= 15 is 0 Å². The molecule has 1 aliphatic rings. The highest BCUT2D eigenvalue weighted by atomic mass is 79.9. The standard InChI is InChI=1S/C12H15BrN2S/c13-10-6-7-16-12(10)11(8-14)15-9-4-2-1-3-5-9/h6-7,9,11,15H,1-5H2. The zero-order chi connectivity index (χ0) is 11.4. The molecule has 4 heteroatoms. The summed E-state index contributed by atoms with van der Waals surface area (Å²) in [5.41, 5.74) is 0. The Kier molecular flexibility index (Phi) is 4.39. The van der Waals surface area contributed by atoms with Crippen molar-refractivity contribution in [2.75, 3.05) is 0 Å². The predicted octanol–water partition coefficient (Wildman–Crippen LogP) is 4.00. The van der Waals surface area contributed by atoms with Gasteiger partial charge in [-0.1, -0.05) is 19.3 Å². The number of nitriles is 1. The molecule has 1 heterocycles. The molecule has 2 rings (SSSR count). The van der Waals surface area contributed by atoms with E-state index in [1.807, 2.05) is 11.4 Å². The van der Waals surface area contributed by atoms with Gasteiger partial charge in [0.05, 0.1) is 10.9 Å². The van der Waals surface area contributed by atoms with Gasteiger partial charge in [0, 0.05) is 10.5 Å². The highest BCUT2D eigenvalue weighted by Crippen LogP contribution is 2.30. The van der Waals surface area contributed by atoms with Gasteiger partial charge in [-0.15, -0.1) is 11.3 Å². The van der Waals surface area contributed by atoms with Crippen LogP contribution in [0.25, 0.3) is 0 Å². The average Bonchev–Trinajstić information content (AvgIpc) is 2.74. The van der Waals surface area contributed by atoms with Crippen LogP contribution in [0.15, 0.2) is 15.9 Å². The first-order chi connectivity index (χ1) is 7.81. The van der Waals surface area contributed by atoms with E-state index in [0.717, 1.165) is 9.35 Å². The first-order valence-corrected chi connectivity index (χ1v) is 7.37. The summed E-state index contributed by atoms with van der Waals surface area (Å²) < 4.78 is 1.05. The van der Waals surface area contributed by atoms with Crippen LogP contribution < -0.4 is 5.32 Å². The van der Waals surface area contributed by atoms with Crippen molar-refractivity contribution in [3.8, 4) is 6.07 Å². The molecule has 1 aliphatic carbocycles. The van der Waals surface area contributed by atoms with Crippen molar-refractivity contribution >= 4 is 27.3 Å². The van der Waals surface area contributed by atoms with Gasteiger partial charge in [-0.3, -0.25) is 5.32 Å². The second kappa shape index (κ2) is 5.81. The highest BCUT2D eigenvalue weighted by molar-refractivity contribution is 9.10.